The molecule has 0 amide bonds. The summed E-state index contributed by atoms with van der Waals surface area (Å²) in [6, 6.07) is 0. The van der Waals surface area contributed by atoms with Crippen molar-refractivity contribution in [2.24, 2.45) is 5.92 Å². The first-order valence-electron chi connectivity index (χ1n) is 3.37. The van der Waals surface area contributed by atoms with Gasteiger partial charge in [0, 0.05) is 0 Å². The molecule has 0 aromatic carbocycles. The zero-order valence-electron chi connectivity index (χ0n) is 6.02. The molecule has 0 atom stereocenters. The topological polar surface area (TPSA) is 0 Å². The molecule has 1 aliphatic carbocycles. The van der Waals surface area contributed by atoms with E-state index < -0.39 is 0 Å². The van der Waals surface area contributed by atoms with Crippen molar-refractivity contribution in [3.8, 4) is 0 Å². The molecule has 1 rings (SSSR count). The Morgan fingerprint density at radius 1 is 1.56 bits per heavy atom. The Morgan fingerprint density at radius 3 is 2.44 bits per heavy atom. The molecule has 0 bridgehead atoms. The van der Waals surface area contributed by atoms with Gasteiger partial charge in [0.15, 0.2) is 0 Å². The molecule has 1 aliphatic rings. The molecule has 0 spiro atoms. The summed E-state index contributed by atoms with van der Waals surface area (Å²) in [5.41, 5.74) is 1.61. The molecule has 0 saturated carbocycles. The fourth-order valence-corrected chi connectivity index (χ4v) is 2.88. The molecule has 0 saturated heterocycles. The van der Waals surface area contributed by atoms with Crippen LogP contribution in [-0.2, 0) is 0 Å². The Balaban J connectivity index is 2.77. The van der Waals surface area contributed by atoms with E-state index in [2.05, 4.69) is 26.0 Å². The van der Waals surface area contributed by atoms with Crippen LogP contribution in [0.15, 0.2) is 19.7 Å². The third-order valence-corrected chi connectivity index (χ3v) is 3.41. The molecule has 0 aromatic heterocycles. The zero-order chi connectivity index (χ0) is 6.85. The summed E-state index contributed by atoms with van der Waals surface area (Å²) in [6.45, 7) is 4.54. The van der Waals surface area contributed by atoms with Crippen molar-refractivity contribution in [3.63, 3.8) is 0 Å². The summed E-state index contributed by atoms with van der Waals surface area (Å²) in [5, 5.41) is 0. The third-order valence-electron chi connectivity index (χ3n) is 1.63. The molecular formula is C8H11La. The van der Waals surface area contributed by atoms with Gasteiger partial charge < -0.3 is 0 Å². The molecule has 1 heteroatoms. The van der Waals surface area contributed by atoms with Gasteiger partial charge in [0.2, 0.25) is 0 Å². The van der Waals surface area contributed by atoms with Gasteiger partial charge in [0.1, 0.15) is 0 Å². The summed E-state index contributed by atoms with van der Waals surface area (Å²) in [4.78, 5) is 0. The summed E-state index contributed by atoms with van der Waals surface area (Å²) < 4.78 is 1.71. The zero-order valence-corrected chi connectivity index (χ0v) is 9.64. The van der Waals surface area contributed by atoms with E-state index in [1.165, 1.54) is 6.42 Å². The molecule has 0 fully saturated rings. The Bertz CT molecular complexity index is 163. The second kappa shape index (κ2) is 3.18. The van der Waals surface area contributed by atoms with E-state index in [1.807, 2.05) is 0 Å². The van der Waals surface area contributed by atoms with Crippen LogP contribution in [0.3, 0.4) is 0 Å². The molecule has 0 unspecified atom stereocenters. The number of rotatable bonds is 1. The predicted octanol–water partition coefficient (Wildman–Crippen LogP) is 2.41. The van der Waals surface area contributed by atoms with E-state index in [4.69, 9.17) is 0 Å². The van der Waals surface area contributed by atoms with E-state index in [-0.39, 0.29) is 0 Å². The molecule has 46 valence electrons. The van der Waals surface area contributed by atoms with Crippen LogP contribution in [0.5, 0.6) is 0 Å². The van der Waals surface area contributed by atoms with Gasteiger partial charge >= 0.3 is 79.6 Å². The summed E-state index contributed by atoms with van der Waals surface area (Å²) in [5.74, 6) is 0.753. The van der Waals surface area contributed by atoms with Gasteiger partial charge in [-0.1, -0.05) is 0 Å². The van der Waals surface area contributed by atoms with Crippen LogP contribution in [0.25, 0.3) is 0 Å². The number of allylic oxidation sites excluding steroid dienone is 4. The van der Waals surface area contributed by atoms with E-state index in [1.54, 1.807) is 7.55 Å². The Labute approximate surface area is 79.0 Å². The number of hydrogen-bond acceptors (Lipinski definition) is 0. The maximum absolute atomic E-state index is 2.29. The Morgan fingerprint density at radius 2 is 2.22 bits per heavy atom. The Kier molecular flexibility index (Phi) is 2.75. The van der Waals surface area contributed by atoms with E-state index in [0.29, 0.717) is 0 Å². The quantitative estimate of drug-likeness (QED) is 0.666. The average molecular weight is 246 g/mol. The maximum atomic E-state index is 2.29. The van der Waals surface area contributed by atoms with Crippen LogP contribution in [0.4, 0.5) is 0 Å². The molecule has 0 heterocycles. The van der Waals surface area contributed by atoms with E-state index in [0.717, 1.165) is 39.6 Å². The summed E-state index contributed by atoms with van der Waals surface area (Å²) in [6.07, 6.45) is 5.82. The van der Waals surface area contributed by atoms with E-state index >= 15 is 0 Å². The van der Waals surface area contributed by atoms with Crippen LogP contribution in [-0.4, -0.2) is 0 Å². The number of hydrogen-bond donors (Lipinski definition) is 0. The van der Waals surface area contributed by atoms with Crippen molar-refractivity contribution in [1.82, 2.24) is 0 Å². The minimum atomic E-state index is 0.753. The van der Waals surface area contributed by atoms with Crippen molar-refractivity contribution in [3.05, 3.63) is 19.7 Å². The monoisotopic (exact) mass is 246 g/mol. The standard InChI is InChI=1S/C8H11.La/c1-7(2)8-5-3-4-6-8;/h3,5,7H,4H2,1-2H3;. The third kappa shape index (κ3) is 1.79. The van der Waals surface area contributed by atoms with Crippen molar-refractivity contribution in [2.75, 3.05) is 0 Å². The first-order valence-corrected chi connectivity index (χ1v) is 5.18. The van der Waals surface area contributed by atoms with E-state index in [9.17, 15) is 0 Å². The van der Waals surface area contributed by atoms with Crippen LogP contribution in [0.1, 0.15) is 20.3 Å². The summed E-state index contributed by atoms with van der Waals surface area (Å²) in [7, 11) is 0. The van der Waals surface area contributed by atoms with Crippen molar-refractivity contribution < 1.29 is 33.7 Å². The van der Waals surface area contributed by atoms with Gasteiger partial charge in [-0.15, -0.1) is 0 Å². The first kappa shape index (κ1) is 7.78. The molecule has 0 N–H and O–H groups in total. The van der Waals surface area contributed by atoms with Crippen molar-refractivity contribution >= 4 is 0 Å². The van der Waals surface area contributed by atoms with Gasteiger partial charge in [0.05, 0.1) is 0 Å². The second-order valence-electron chi connectivity index (χ2n) is 2.74. The molecule has 9 heavy (non-hydrogen) atoms. The van der Waals surface area contributed by atoms with Gasteiger partial charge in [0.25, 0.3) is 0 Å². The minimum absolute atomic E-state index is 0.753. The molecule has 0 aliphatic heterocycles. The van der Waals surface area contributed by atoms with Crippen molar-refractivity contribution in [1.29, 1.82) is 0 Å². The first-order chi connectivity index (χ1) is 4.22. The molecular weight excluding hydrogens is 235 g/mol. The SMILES string of the molecule is CC(C)C1=[C]([La])CC=C1. The molecule has 0 aromatic rings. The van der Waals surface area contributed by atoms with Gasteiger partial charge in [-0.3, -0.25) is 0 Å². The van der Waals surface area contributed by atoms with Crippen LogP contribution >= 0.6 is 0 Å². The normalized spacial score (nSPS) is 18.0. The molecule has 0 radical (unpaired) electrons. The van der Waals surface area contributed by atoms with Gasteiger partial charge in [-0.2, -0.15) is 0 Å². The van der Waals surface area contributed by atoms with Crippen molar-refractivity contribution in [2.45, 2.75) is 20.3 Å². The molecule has 0 nitrogen and oxygen atoms in total. The second-order valence-corrected chi connectivity index (χ2v) is 4.93. The fraction of sp³-hybridized carbons (Fsp3) is 0.500. The fourth-order valence-electron chi connectivity index (χ4n) is 1.10. The van der Waals surface area contributed by atoms with Crippen LogP contribution in [0, 0.1) is 39.6 Å². The van der Waals surface area contributed by atoms with Gasteiger partial charge in [-0.25, -0.2) is 0 Å². The van der Waals surface area contributed by atoms with Gasteiger partial charge in [-0.05, 0) is 0 Å². The average Bonchev–Trinajstić information content (AvgIpc) is 2.13. The Hall–Kier alpha value is 0.675. The van der Waals surface area contributed by atoms with Crippen LogP contribution < -0.4 is 0 Å². The predicted molar refractivity (Wildman–Crippen MR) is 35.6 cm³/mol. The van der Waals surface area contributed by atoms with Crippen LogP contribution in [0.2, 0.25) is 0 Å². The summed E-state index contributed by atoms with van der Waals surface area (Å²) >= 11 is 1.06.